The SMILES string of the molecule is CCNC(=NCc1cccc(CN2CCCC2=O)c1)NCCc1c[nH]c2ccc(F)cc12.I. The Morgan fingerprint density at radius 3 is 2.82 bits per heavy atom. The van der Waals surface area contributed by atoms with Crippen LogP contribution in [-0.4, -0.2) is 41.4 Å². The molecule has 1 amide bonds. The molecule has 0 saturated carbocycles. The zero-order valence-electron chi connectivity index (χ0n) is 18.9. The van der Waals surface area contributed by atoms with Crippen LogP contribution in [0.3, 0.4) is 0 Å². The van der Waals surface area contributed by atoms with Gasteiger partial charge in [-0.3, -0.25) is 4.79 Å². The van der Waals surface area contributed by atoms with Gasteiger partial charge >= 0.3 is 0 Å². The number of aliphatic imine (C=N–C) groups is 1. The lowest BCUT2D eigenvalue weighted by molar-refractivity contribution is -0.128. The quantitative estimate of drug-likeness (QED) is 0.217. The van der Waals surface area contributed by atoms with E-state index in [4.69, 9.17) is 4.99 Å². The Morgan fingerprint density at radius 1 is 1.18 bits per heavy atom. The minimum absolute atomic E-state index is 0. The number of nitrogens with zero attached hydrogens (tertiary/aromatic N) is 2. The molecule has 1 aliphatic rings. The molecule has 2 aromatic carbocycles. The van der Waals surface area contributed by atoms with E-state index < -0.39 is 0 Å². The maximum absolute atomic E-state index is 13.6. The van der Waals surface area contributed by atoms with Crippen LogP contribution in [0.2, 0.25) is 0 Å². The third-order valence-corrected chi connectivity index (χ3v) is 5.72. The number of H-pyrrole nitrogens is 1. The van der Waals surface area contributed by atoms with Crippen molar-refractivity contribution >= 4 is 46.7 Å². The summed E-state index contributed by atoms with van der Waals surface area (Å²) in [7, 11) is 0. The van der Waals surface area contributed by atoms with Gasteiger partial charge in [-0.1, -0.05) is 24.3 Å². The summed E-state index contributed by atoms with van der Waals surface area (Å²) in [5, 5.41) is 7.56. The third-order valence-electron chi connectivity index (χ3n) is 5.72. The average Bonchev–Trinajstić information content (AvgIpc) is 3.38. The van der Waals surface area contributed by atoms with Gasteiger partial charge in [0.2, 0.25) is 5.91 Å². The maximum Gasteiger partial charge on any atom is 0.222 e. The van der Waals surface area contributed by atoms with E-state index in [2.05, 4.69) is 33.8 Å². The molecule has 8 heteroatoms. The van der Waals surface area contributed by atoms with Gasteiger partial charge in [-0.2, -0.15) is 0 Å². The number of halogens is 2. The Balaban J connectivity index is 0.00000306. The van der Waals surface area contributed by atoms with E-state index in [1.54, 1.807) is 12.1 Å². The van der Waals surface area contributed by atoms with Gasteiger partial charge in [0, 0.05) is 49.7 Å². The van der Waals surface area contributed by atoms with Gasteiger partial charge in [-0.25, -0.2) is 9.38 Å². The first-order chi connectivity index (χ1) is 15.6. The van der Waals surface area contributed by atoms with Crippen LogP contribution in [0.5, 0.6) is 0 Å². The molecule has 3 aromatic rings. The molecular weight excluding hydrogens is 532 g/mol. The molecule has 33 heavy (non-hydrogen) atoms. The number of aromatic amines is 1. The number of hydrogen-bond acceptors (Lipinski definition) is 2. The summed E-state index contributed by atoms with van der Waals surface area (Å²) in [6.45, 7) is 5.55. The molecule has 4 rings (SSSR count). The fourth-order valence-corrected chi connectivity index (χ4v) is 4.10. The zero-order chi connectivity index (χ0) is 22.3. The highest BCUT2D eigenvalue weighted by Gasteiger charge is 2.19. The van der Waals surface area contributed by atoms with Crippen LogP contribution >= 0.6 is 24.0 Å². The van der Waals surface area contributed by atoms with Crippen LogP contribution in [0.15, 0.2) is 53.7 Å². The Bertz CT molecular complexity index is 1110. The number of nitrogens with one attached hydrogen (secondary N) is 3. The number of aromatic nitrogens is 1. The molecule has 6 nitrogen and oxygen atoms in total. The first-order valence-electron chi connectivity index (χ1n) is 11.3. The van der Waals surface area contributed by atoms with Crippen molar-refractivity contribution in [1.82, 2.24) is 20.5 Å². The minimum Gasteiger partial charge on any atom is -0.361 e. The lowest BCUT2D eigenvalue weighted by Crippen LogP contribution is -2.38. The summed E-state index contributed by atoms with van der Waals surface area (Å²) in [4.78, 5) is 21.7. The van der Waals surface area contributed by atoms with Crippen molar-refractivity contribution in [2.24, 2.45) is 4.99 Å². The summed E-state index contributed by atoms with van der Waals surface area (Å²) >= 11 is 0. The summed E-state index contributed by atoms with van der Waals surface area (Å²) in [6.07, 6.45) is 4.31. The number of rotatable bonds is 8. The van der Waals surface area contributed by atoms with E-state index in [9.17, 15) is 9.18 Å². The summed E-state index contributed by atoms with van der Waals surface area (Å²) in [6, 6.07) is 13.1. The fraction of sp³-hybridized carbons (Fsp3) is 0.360. The van der Waals surface area contributed by atoms with Gasteiger partial charge in [0.15, 0.2) is 5.96 Å². The van der Waals surface area contributed by atoms with Crippen LogP contribution in [0.25, 0.3) is 10.9 Å². The summed E-state index contributed by atoms with van der Waals surface area (Å²) < 4.78 is 13.6. The Hall–Kier alpha value is -2.62. The van der Waals surface area contributed by atoms with Crippen molar-refractivity contribution in [3.05, 3.63) is 71.2 Å². The van der Waals surface area contributed by atoms with Gasteiger partial charge in [-0.15, -0.1) is 24.0 Å². The van der Waals surface area contributed by atoms with Crippen LogP contribution in [0.4, 0.5) is 4.39 Å². The molecule has 1 aliphatic heterocycles. The largest absolute Gasteiger partial charge is 0.361 e. The average molecular weight is 563 g/mol. The molecule has 1 aromatic heterocycles. The highest BCUT2D eigenvalue weighted by atomic mass is 127. The standard InChI is InChI=1S/C25H30FN5O.HI/c1-2-27-25(28-11-10-20-16-29-23-9-8-21(26)14-22(20)23)30-15-18-5-3-6-19(13-18)17-31-12-4-7-24(31)32;/h3,5-6,8-9,13-14,16,29H,2,4,7,10-12,15,17H2,1H3,(H2,27,28,30);1H. The van der Waals surface area contributed by atoms with Gasteiger partial charge in [-0.05, 0) is 54.7 Å². The van der Waals surface area contributed by atoms with Crippen LogP contribution in [-0.2, 0) is 24.3 Å². The number of benzene rings is 2. The van der Waals surface area contributed by atoms with Crippen LogP contribution < -0.4 is 10.6 Å². The van der Waals surface area contributed by atoms with Crippen LogP contribution in [0.1, 0.15) is 36.5 Å². The van der Waals surface area contributed by atoms with E-state index >= 15 is 0 Å². The molecule has 0 aliphatic carbocycles. The second kappa shape index (κ2) is 12.0. The van der Waals surface area contributed by atoms with Gasteiger partial charge in [0.1, 0.15) is 5.82 Å². The summed E-state index contributed by atoms with van der Waals surface area (Å²) in [5.41, 5.74) is 4.26. The molecule has 176 valence electrons. The normalized spacial score (nSPS) is 13.9. The van der Waals surface area contributed by atoms with E-state index in [1.807, 2.05) is 24.1 Å². The second-order valence-electron chi connectivity index (χ2n) is 8.11. The molecule has 0 radical (unpaired) electrons. The number of carbonyl (C=O) groups excluding carboxylic acids is 1. The number of likely N-dealkylation sites (tertiary alicyclic amines) is 1. The molecule has 0 spiro atoms. The van der Waals surface area contributed by atoms with Gasteiger partial charge < -0.3 is 20.5 Å². The van der Waals surface area contributed by atoms with Crippen molar-refractivity contribution in [2.75, 3.05) is 19.6 Å². The van der Waals surface area contributed by atoms with Crippen molar-refractivity contribution in [2.45, 2.75) is 39.3 Å². The van der Waals surface area contributed by atoms with E-state index in [0.29, 0.717) is 26.1 Å². The first-order valence-corrected chi connectivity index (χ1v) is 11.3. The van der Waals surface area contributed by atoms with Crippen molar-refractivity contribution in [1.29, 1.82) is 0 Å². The predicted octanol–water partition coefficient (Wildman–Crippen LogP) is 4.35. The Morgan fingerprint density at radius 2 is 2.03 bits per heavy atom. The van der Waals surface area contributed by atoms with E-state index in [1.165, 1.54) is 6.07 Å². The zero-order valence-corrected chi connectivity index (χ0v) is 21.2. The highest BCUT2D eigenvalue weighted by Crippen LogP contribution is 2.19. The Kier molecular flexibility index (Phi) is 9.11. The molecule has 3 N–H and O–H groups in total. The number of fused-ring (bicyclic) bond motifs is 1. The predicted molar refractivity (Wildman–Crippen MR) is 141 cm³/mol. The van der Waals surface area contributed by atoms with E-state index in [-0.39, 0.29) is 35.7 Å². The number of amides is 1. The molecule has 0 bridgehead atoms. The number of carbonyl (C=O) groups is 1. The van der Waals surface area contributed by atoms with E-state index in [0.717, 1.165) is 59.5 Å². The monoisotopic (exact) mass is 563 g/mol. The lowest BCUT2D eigenvalue weighted by Gasteiger charge is -2.16. The smallest absolute Gasteiger partial charge is 0.222 e. The van der Waals surface area contributed by atoms with Crippen LogP contribution in [0, 0.1) is 5.82 Å². The first kappa shape index (κ1) is 25.0. The highest BCUT2D eigenvalue weighted by molar-refractivity contribution is 14.0. The third kappa shape index (κ3) is 6.69. The molecule has 2 heterocycles. The minimum atomic E-state index is -0.225. The van der Waals surface area contributed by atoms with Crippen molar-refractivity contribution < 1.29 is 9.18 Å². The molecule has 1 fully saturated rings. The van der Waals surface area contributed by atoms with Gasteiger partial charge in [0.25, 0.3) is 0 Å². The fourth-order valence-electron chi connectivity index (χ4n) is 4.10. The second-order valence-corrected chi connectivity index (χ2v) is 8.11. The molecule has 1 saturated heterocycles. The number of guanidine groups is 1. The number of hydrogen-bond donors (Lipinski definition) is 3. The summed E-state index contributed by atoms with van der Waals surface area (Å²) in [5.74, 6) is 0.765. The van der Waals surface area contributed by atoms with Crippen molar-refractivity contribution in [3.8, 4) is 0 Å². The lowest BCUT2D eigenvalue weighted by atomic mass is 10.1. The topological polar surface area (TPSA) is 72.5 Å². The Labute approximate surface area is 211 Å². The van der Waals surface area contributed by atoms with Crippen molar-refractivity contribution in [3.63, 3.8) is 0 Å². The maximum atomic E-state index is 13.6. The molecule has 0 unspecified atom stereocenters. The van der Waals surface area contributed by atoms with Gasteiger partial charge in [0.05, 0.1) is 6.54 Å². The molecular formula is C25H31FIN5O. The molecule has 0 atom stereocenters.